The van der Waals surface area contributed by atoms with Gasteiger partial charge in [0.2, 0.25) is 0 Å². The number of hydrogen-bond donors (Lipinski definition) is 0. The first kappa shape index (κ1) is 14.8. The Labute approximate surface area is 122 Å². The van der Waals surface area contributed by atoms with E-state index in [0.717, 1.165) is 6.07 Å². The van der Waals surface area contributed by atoms with E-state index in [1.165, 1.54) is 19.2 Å². The summed E-state index contributed by atoms with van der Waals surface area (Å²) in [5.74, 6) is -0.379. The molecule has 0 N–H and O–H groups in total. The van der Waals surface area contributed by atoms with Gasteiger partial charge in [-0.25, -0.2) is 9.18 Å². The normalized spacial score (nSPS) is 10.0. The Balaban J connectivity index is 1.82. The predicted molar refractivity (Wildman–Crippen MR) is 75.2 cm³/mol. The van der Waals surface area contributed by atoms with Crippen LogP contribution in [0.1, 0.15) is 10.4 Å². The Morgan fingerprint density at radius 1 is 1.05 bits per heavy atom. The number of rotatable bonds is 6. The van der Waals surface area contributed by atoms with Crippen LogP contribution in [0, 0.1) is 5.82 Å². The third-order valence-electron chi connectivity index (χ3n) is 2.72. The first-order valence-corrected chi connectivity index (χ1v) is 6.39. The molecule has 110 valence electrons. The summed E-state index contributed by atoms with van der Waals surface area (Å²) in [5.41, 5.74) is -0.129. The quantitative estimate of drug-likeness (QED) is 0.606. The molecule has 21 heavy (non-hydrogen) atoms. The summed E-state index contributed by atoms with van der Waals surface area (Å²) in [5, 5.41) is 0. The van der Waals surface area contributed by atoms with Gasteiger partial charge in [-0.1, -0.05) is 18.2 Å². The molecule has 2 aromatic rings. The van der Waals surface area contributed by atoms with Crippen molar-refractivity contribution < 1.29 is 23.4 Å². The van der Waals surface area contributed by atoms with Crippen molar-refractivity contribution >= 4 is 5.97 Å². The third-order valence-corrected chi connectivity index (χ3v) is 2.72. The van der Waals surface area contributed by atoms with E-state index in [-0.39, 0.29) is 18.8 Å². The number of hydrogen-bond acceptors (Lipinski definition) is 4. The molecule has 0 unspecified atom stereocenters. The topological polar surface area (TPSA) is 44.8 Å². The summed E-state index contributed by atoms with van der Waals surface area (Å²) in [6.45, 7) is 0.243. The van der Waals surface area contributed by atoms with Gasteiger partial charge in [-0.15, -0.1) is 0 Å². The van der Waals surface area contributed by atoms with Crippen LogP contribution < -0.4 is 9.47 Å². The molecule has 0 bridgehead atoms. The summed E-state index contributed by atoms with van der Waals surface area (Å²) in [4.78, 5) is 11.7. The zero-order valence-corrected chi connectivity index (χ0v) is 11.5. The Kier molecular flexibility index (Phi) is 5.15. The fraction of sp³-hybridized carbons (Fsp3) is 0.188. The lowest BCUT2D eigenvalue weighted by molar-refractivity contribution is 0.0445. The van der Waals surface area contributed by atoms with Crippen molar-refractivity contribution in [2.75, 3.05) is 20.3 Å². The molecule has 0 aliphatic heterocycles. The largest absolute Gasteiger partial charge is 0.497 e. The second-order valence-electron chi connectivity index (χ2n) is 4.14. The highest BCUT2D eigenvalue weighted by Crippen LogP contribution is 2.17. The molecule has 0 atom stereocenters. The number of ether oxygens (including phenoxy) is 3. The fourth-order valence-electron chi connectivity index (χ4n) is 1.68. The summed E-state index contributed by atoms with van der Waals surface area (Å²) < 4.78 is 28.8. The third kappa shape index (κ3) is 4.21. The minimum atomic E-state index is -0.730. The van der Waals surface area contributed by atoms with E-state index < -0.39 is 11.8 Å². The molecule has 0 saturated heterocycles. The average Bonchev–Trinajstić information content (AvgIpc) is 2.52. The molecule has 2 rings (SSSR count). The van der Waals surface area contributed by atoms with Crippen LogP contribution >= 0.6 is 0 Å². The Morgan fingerprint density at radius 3 is 2.48 bits per heavy atom. The summed E-state index contributed by atoms with van der Waals surface area (Å²) in [7, 11) is 1.42. The van der Waals surface area contributed by atoms with Gasteiger partial charge in [0.25, 0.3) is 0 Å². The molecule has 0 saturated carbocycles. The number of carbonyl (C=O) groups is 1. The van der Waals surface area contributed by atoms with Gasteiger partial charge in [0.15, 0.2) is 0 Å². The van der Waals surface area contributed by atoms with Gasteiger partial charge >= 0.3 is 5.97 Å². The smallest absolute Gasteiger partial charge is 0.341 e. The number of halogens is 1. The van der Waals surface area contributed by atoms with Crippen molar-refractivity contribution in [3.05, 3.63) is 59.9 Å². The highest BCUT2D eigenvalue weighted by Gasteiger charge is 2.13. The molecule has 2 aromatic carbocycles. The minimum Gasteiger partial charge on any atom is -0.497 e. The maximum absolute atomic E-state index is 13.6. The maximum atomic E-state index is 13.6. The van der Waals surface area contributed by atoms with Gasteiger partial charge in [-0.3, -0.25) is 0 Å². The van der Waals surface area contributed by atoms with Gasteiger partial charge < -0.3 is 14.2 Å². The molecule has 0 spiro atoms. The highest BCUT2D eigenvalue weighted by atomic mass is 19.1. The molecular weight excluding hydrogens is 275 g/mol. The molecule has 0 aliphatic carbocycles. The van der Waals surface area contributed by atoms with E-state index in [1.807, 2.05) is 18.2 Å². The summed E-state index contributed by atoms with van der Waals surface area (Å²) in [6.07, 6.45) is 0. The van der Waals surface area contributed by atoms with E-state index in [1.54, 1.807) is 12.1 Å². The molecule has 0 aromatic heterocycles. The number of carbonyl (C=O) groups excluding carboxylic acids is 1. The predicted octanol–water partition coefficient (Wildman–Crippen LogP) is 3.07. The molecular formula is C16H15FO4. The molecule has 0 heterocycles. The standard InChI is InChI=1S/C16H15FO4/c1-19-13-7-8-14(15(17)11-13)16(18)21-10-9-20-12-5-3-2-4-6-12/h2-8,11H,9-10H2,1H3. The Morgan fingerprint density at radius 2 is 1.81 bits per heavy atom. The van der Waals surface area contributed by atoms with Crippen molar-refractivity contribution in [2.24, 2.45) is 0 Å². The van der Waals surface area contributed by atoms with Crippen molar-refractivity contribution in [3.63, 3.8) is 0 Å². The van der Waals surface area contributed by atoms with Crippen LogP contribution in [0.2, 0.25) is 0 Å². The van der Waals surface area contributed by atoms with Gasteiger partial charge in [0, 0.05) is 6.07 Å². The molecule has 0 aliphatic rings. The van der Waals surface area contributed by atoms with Crippen LogP contribution in [0.5, 0.6) is 11.5 Å². The number of esters is 1. The first-order chi connectivity index (χ1) is 10.2. The average molecular weight is 290 g/mol. The molecule has 0 amide bonds. The Bertz CT molecular complexity index is 598. The lowest BCUT2D eigenvalue weighted by Crippen LogP contribution is -2.13. The highest BCUT2D eigenvalue weighted by molar-refractivity contribution is 5.89. The van der Waals surface area contributed by atoms with E-state index in [4.69, 9.17) is 14.2 Å². The molecule has 0 radical (unpaired) electrons. The van der Waals surface area contributed by atoms with Gasteiger partial charge in [-0.2, -0.15) is 0 Å². The van der Waals surface area contributed by atoms with E-state index in [0.29, 0.717) is 11.5 Å². The minimum absolute atomic E-state index is 0.0409. The van der Waals surface area contributed by atoms with Crippen molar-refractivity contribution in [1.82, 2.24) is 0 Å². The zero-order chi connectivity index (χ0) is 15.1. The second-order valence-corrected chi connectivity index (χ2v) is 4.14. The van der Waals surface area contributed by atoms with Crippen LogP contribution in [0.25, 0.3) is 0 Å². The second kappa shape index (κ2) is 7.28. The van der Waals surface area contributed by atoms with Crippen LogP contribution in [0.3, 0.4) is 0 Å². The zero-order valence-electron chi connectivity index (χ0n) is 11.5. The number of benzene rings is 2. The first-order valence-electron chi connectivity index (χ1n) is 6.39. The van der Waals surface area contributed by atoms with Crippen LogP contribution in [-0.2, 0) is 4.74 Å². The fourth-order valence-corrected chi connectivity index (χ4v) is 1.68. The van der Waals surface area contributed by atoms with E-state index in [2.05, 4.69) is 0 Å². The molecule has 5 heteroatoms. The maximum Gasteiger partial charge on any atom is 0.341 e. The lowest BCUT2D eigenvalue weighted by atomic mass is 10.2. The number of para-hydroxylation sites is 1. The van der Waals surface area contributed by atoms with Crippen molar-refractivity contribution in [2.45, 2.75) is 0 Å². The van der Waals surface area contributed by atoms with Gasteiger partial charge in [0.1, 0.15) is 30.5 Å². The van der Waals surface area contributed by atoms with Gasteiger partial charge in [-0.05, 0) is 24.3 Å². The monoisotopic (exact) mass is 290 g/mol. The number of methoxy groups -OCH3 is 1. The summed E-state index contributed by atoms with van der Waals surface area (Å²) in [6, 6.07) is 13.1. The van der Waals surface area contributed by atoms with E-state index >= 15 is 0 Å². The van der Waals surface area contributed by atoms with Gasteiger partial charge in [0.05, 0.1) is 12.7 Å². The molecule has 4 nitrogen and oxygen atoms in total. The summed E-state index contributed by atoms with van der Waals surface area (Å²) >= 11 is 0. The lowest BCUT2D eigenvalue weighted by Gasteiger charge is -2.08. The van der Waals surface area contributed by atoms with Crippen LogP contribution in [-0.4, -0.2) is 26.3 Å². The molecule has 0 fully saturated rings. The SMILES string of the molecule is COc1ccc(C(=O)OCCOc2ccccc2)c(F)c1. The van der Waals surface area contributed by atoms with Crippen molar-refractivity contribution in [1.29, 1.82) is 0 Å². The van der Waals surface area contributed by atoms with Crippen molar-refractivity contribution in [3.8, 4) is 11.5 Å². The van der Waals surface area contributed by atoms with E-state index in [9.17, 15) is 9.18 Å². The Hall–Kier alpha value is -2.56. The van der Waals surface area contributed by atoms with Crippen LogP contribution in [0.15, 0.2) is 48.5 Å². The van der Waals surface area contributed by atoms with Crippen LogP contribution in [0.4, 0.5) is 4.39 Å².